The number of nitrogens with zero attached hydrogens (tertiary/aromatic N) is 4. The molecular weight excluding hydrogens is 512 g/mol. The van der Waals surface area contributed by atoms with Crippen LogP contribution in [-0.2, 0) is 0 Å². The topological polar surface area (TPSA) is 72.8 Å². The largest absolute Gasteiger partial charge is 1.00 e. The summed E-state index contributed by atoms with van der Waals surface area (Å²) in [6, 6.07) is 23.7. The summed E-state index contributed by atoms with van der Waals surface area (Å²) in [5.74, 6) is 0. The first kappa shape index (κ1) is 23.6. The van der Waals surface area contributed by atoms with Gasteiger partial charge in [0.1, 0.15) is 0 Å². The number of rotatable bonds is 5. The molecule has 0 bridgehead atoms. The molecule has 3 aromatic carbocycles. The molecule has 32 heavy (non-hydrogen) atoms. The van der Waals surface area contributed by atoms with Crippen molar-refractivity contribution in [1.29, 1.82) is 0 Å². The molecule has 4 rings (SSSR count). The molecule has 0 saturated heterocycles. The second kappa shape index (κ2) is 10.5. The lowest BCUT2D eigenvalue weighted by atomic mass is 10.1. The number of hydrogen-bond acceptors (Lipinski definition) is 5. The molecule has 0 aliphatic heterocycles. The summed E-state index contributed by atoms with van der Waals surface area (Å²) < 4.78 is 1.95. The van der Waals surface area contributed by atoms with Gasteiger partial charge in [0.2, 0.25) is 4.80 Å². The number of nitro benzene ring substituents is 1. The molecule has 0 amide bonds. The number of aromatic nitrogens is 1. The molecule has 4 aromatic rings. The van der Waals surface area contributed by atoms with Gasteiger partial charge < -0.3 is 17.0 Å². The van der Waals surface area contributed by atoms with Gasteiger partial charge in [-0.05, 0) is 36.8 Å². The van der Waals surface area contributed by atoms with E-state index in [4.69, 9.17) is 11.6 Å². The summed E-state index contributed by atoms with van der Waals surface area (Å²) >= 11 is 7.38. The van der Waals surface area contributed by atoms with Crippen molar-refractivity contribution in [2.45, 2.75) is 6.92 Å². The maximum atomic E-state index is 11.2. The van der Waals surface area contributed by atoms with Gasteiger partial charge in [-0.1, -0.05) is 54.1 Å². The average molecular weight is 529 g/mol. The molecule has 0 aliphatic rings. The van der Waals surface area contributed by atoms with E-state index in [1.54, 1.807) is 12.1 Å². The van der Waals surface area contributed by atoms with Crippen molar-refractivity contribution in [1.82, 2.24) is 4.57 Å². The van der Waals surface area contributed by atoms with Gasteiger partial charge in [-0.25, -0.2) is 0 Å². The van der Waals surface area contributed by atoms with Gasteiger partial charge in [0.25, 0.3) is 5.69 Å². The zero-order valence-corrected chi connectivity index (χ0v) is 20.0. The van der Waals surface area contributed by atoms with Crippen LogP contribution in [0.3, 0.4) is 0 Å². The van der Waals surface area contributed by atoms with E-state index in [0.717, 1.165) is 28.2 Å². The van der Waals surface area contributed by atoms with Crippen LogP contribution in [0, 0.1) is 10.1 Å². The molecule has 0 radical (unpaired) electrons. The average Bonchev–Trinajstić information content (AvgIpc) is 3.22. The minimum absolute atomic E-state index is 0. The molecule has 1 aromatic heterocycles. The Hall–Kier alpha value is -3.07. The van der Waals surface area contributed by atoms with Crippen molar-refractivity contribution in [3.63, 3.8) is 0 Å². The molecule has 0 fully saturated rings. The summed E-state index contributed by atoms with van der Waals surface area (Å²) in [6.45, 7) is 1.88. The van der Waals surface area contributed by atoms with Crippen LogP contribution in [0.15, 0.2) is 94.4 Å². The molecule has 9 heteroatoms. The summed E-state index contributed by atoms with van der Waals surface area (Å²) in [4.78, 5) is 11.5. The van der Waals surface area contributed by atoms with Gasteiger partial charge in [-0.15, -0.1) is 16.4 Å². The van der Waals surface area contributed by atoms with E-state index in [2.05, 4.69) is 10.2 Å². The Morgan fingerprint density at radius 2 is 1.75 bits per heavy atom. The quantitative estimate of drug-likeness (QED) is 0.227. The van der Waals surface area contributed by atoms with Gasteiger partial charge in [0.05, 0.1) is 16.3 Å². The highest BCUT2D eigenvalue weighted by atomic mass is 79.9. The molecule has 0 spiro atoms. The first-order valence-electron chi connectivity index (χ1n) is 9.38. The number of hydrogen-bond donors (Lipinski definition) is 0. The molecule has 0 N–H and O–H groups in total. The molecule has 0 unspecified atom stereocenters. The zero-order valence-electron chi connectivity index (χ0n) is 16.9. The number of benzene rings is 3. The third kappa shape index (κ3) is 5.21. The summed E-state index contributed by atoms with van der Waals surface area (Å²) in [7, 11) is 0. The molecule has 0 atom stereocenters. The van der Waals surface area contributed by atoms with Crippen molar-refractivity contribution >= 4 is 34.3 Å². The lowest BCUT2D eigenvalue weighted by Gasteiger charge is -2.09. The highest BCUT2D eigenvalue weighted by Crippen LogP contribution is 2.26. The highest BCUT2D eigenvalue weighted by Gasteiger charge is 2.13. The smallest absolute Gasteiger partial charge is 0.270 e. The summed E-state index contributed by atoms with van der Waals surface area (Å²) in [6.07, 6.45) is 0. The molecule has 162 valence electrons. The second-order valence-electron chi connectivity index (χ2n) is 6.67. The van der Waals surface area contributed by atoms with Crippen LogP contribution in [-0.4, -0.2) is 15.2 Å². The number of para-hydroxylation sites is 1. The first-order valence-corrected chi connectivity index (χ1v) is 10.6. The SMILES string of the molecule is C/C(=N\N=c1/scc(-c2cccc([N+](=O)[O-])c2)n1-c1ccccc1)c1ccc(Cl)cc1.[Br-]. The van der Waals surface area contributed by atoms with E-state index in [1.165, 1.54) is 17.4 Å². The van der Waals surface area contributed by atoms with Crippen molar-refractivity contribution < 1.29 is 21.9 Å². The maximum absolute atomic E-state index is 11.2. The Kier molecular flexibility index (Phi) is 7.74. The highest BCUT2D eigenvalue weighted by molar-refractivity contribution is 7.07. The Bertz CT molecular complexity index is 1330. The second-order valence-corrected chi connectivity index (χ2v) is 7.95. The van der Waals surface area contributed by atoms with Gasteiger partial charge in [-0.2, -0.15) is 5.10 Å². The fourth-order valence-corrected chi connectivity index (χ4v) is 4.04. The lowest BCUT2D eigenvalue weighted by molar-refractivity contribution is -0.384. The van der Waals surface area contributed by atoms with Gasteiger partial charge in [-0.3, -0.25) is 14.7 Å². The number of non-ortho nitro benzene ring substituents is 1. The minimum Gasteiger partial charge on any atom is -1.00 e. The number of halogens is 2. The number of nitro groups is 1. The summed E-state index contributed by atoms with van der Waals surface area (Å²) in [5, 5.41) is 22.7. The minimum atomic E-state index is -0.395. The lowest BCUT2D eigenvalue weighted by Crippen LogP contribution is -3.00. The fraction of sp³-hybridized carbons (Fsp3) is 0.0435. The standard InChI is InChI=1S/C23H17ClN4O2S.BrH/c1-16(17-10-12-19(24)13-11-17)25-26-23-27(20-7-3-2-4-8-20)22(15-31-23)18-6-5-9-21(14-18)28(29)30;/h2-15H,1H3;1H/p-1/b25-16+,26-23-;. The van der Waals surface area contributed by atoms with Gasteiger partial charge >= 0.3 is 0 Å². The first-order chi connectivity index (χ1) is 15.0. The molecule has 6 nitrogen and oxygen atoms in total. The maximum Gasteiger partial charge on any atom is 0.270 e. The third-order valence-corrected chi connectivity index (χ3v) is 5.69. The van der Waals surface area contributed by atoms with Gasteiger partial charge in [0.15, 0.2) is 0 Å². The van der Waals surface area contributed by atoms with E-state index < -0.39 is 4.92 Å². The van der Waals surface area contributed by atoms with E-state index >= 15 is 0 Å². The van der Waals surface area contributed by atoms with E-state index in [1.807, 2.05) is 77.5 Å². The zero-order chi connectivity index (χ0) is 21.8. The van der Waals surface area contributed by atoms with Crippen LogP contribution in [0.25, 0.3) is 16.9 Å². The van der Waals surface area contributed by atoms with Crippen LogP contribution in [0.4, 0.5) is 5.69 Å². The number of thiazole rings is 1. The predicted molar refractivity (Wildman–Crippen MR) is 125 cm³/mol. The van der Waals surface area contributed by atoms with Gasteiger partial charge in [0, 0.05) is 33.8 Å². The Balaban J connectivity index is 0.00000289. The molecule has 1 heterocycles. The fourth-order valence-electron chi connectivity index (χ4n) is 3.05. The molecule has 0 aliphatic carbocycles. The summed E-state index contributed by atoms with van der Waals surface area (Å²) in [5.41, 5.74) is 4.14. The third-order valence-electron chi connectivity index (χ3n) is 4.62. The Morgan fingerprint density at radius 3 is 2.44 bits per heavy atom. The normalized spacial score (nSPS) is 11.8. The molecule has 0 saturated carbocycles. The van der Waals surface area contributed by atoms with Crippen molar-refractivity contribution in [2.24, 2.45) is 10.2 Å². The Labute approximate surface area is 204 Å². The van der Waals surface area contributed by atoms with E-state index in [0.29, 0.717) is 9.82 Å². The van der Waals surface area contributed by atoms with Crippen LogP contribution in [0.1, 0.15) is 12.5 Å². The van der Waals surface area contributed by atoms with Crippen molar-refractivity contribution in [3.8, 4) is 16.9 Å². The molecular formula is C23H17BrClN4O2S-. The predicted octanol–water partition coefficient (Wildman–Crippen LogP) is 3.10. The van der Waals surface area contributed by atoms with E-state index in [-0.39, 0.29) is 22.7 Å². The van der Waals surface area contributed by atoms with E-state index in [9.17, 15) is 10.1 Å². The van der Waals surface area contributed by atoms with Crippen LogP contribution >= 0.6 is 22.9 Å². The van der Waals surface area contributed by atoms with Crippen molar-refractivity contribution in [2.75, 3.05) is 0 Å². The van der Waals surface area contributed by atoms with Crippen LogP contribution in [0.5, 0.6) is 0 Å². The van der Waals surface area contributed by atoms with Crippen LogP contribution < -0.4 is 21.8 Å². The monoisotopic (exact) mass is 527 g/mol. The van der Waals surface area contributed by atoms with Crippen LogP contribution in [0.2, 0.25) is 5.02 Å². The van der Waals surface area contributed by atoms with Crippen molar-refractivity contribution in [3.05, 3.63) is 110 Å². The Morgan fingerprint density at radius 1 is 1.03 bits per heavy atom.